The van der Waals surface area contributed by atoms with E-state index in [1.165, 1.54) is 0 Å². The lowest BCUT2D eigenvalue weighted by molar-refractivity contribution is -0.185. The van der Waals surface area contributed by atoms with Gasteiger partial charge in [-0.25, -0.2) is 0 Å². The Bertz CT molecular complexity index is 246. The molecule has 0 spiro atoms. The van der Waals surface area contributed by atoms with Crippen molar-refractivity contribution in [2.75, 3.05) is 33.3 Å². The average molecular weight is 268 g/mol. The molecule has 1 aliphatic heterocycles. The first-order valence-electron chi connectivity index (χ1n) is 6.39. The number of piperidine rings is 1. The Hall–Kier alpha value is -0.330. The van der Waals surface area contributed by atoms with Crippen LogP contribution in [0.1, 0.15) is 26.2 Å². The minimum absolute atomic E-state index is 0.0303. The van der Waals surface area contributed by atoms with Crippen LogP contribution in [-0.2, 0) is 0 Å². The van der Waals surface area contributed by atoms with Gasteiger partial charge in [0.15, 0.2) is 0 Å². The number of aliphatic hydroxyl groups excluding tert-OH is 1. The maximum atomic E-state index is 12.5. The largest absolute Gasteiger partial charge is 0.394 e. The predicted molar refractivity (Wildman–Crippen MR) is 64.4 cm³/mol. The van der Waals surface area contributed by atoms with E-state index < -0.39 is 12.1 Å². The van der Waals surface area contributed by atoms with Crippen molar-refractivity contribution in [2.45, 2.75) is 37.9 Å². The van der Waals surface area contributed by atoms with Gasteiger partial charge in [-0.05, 0) is 52.9 Å². The van der Waals surface area contributed by atoms with Crippen molar-refractivity contribution in [1.29, 1.82) is 0 Å². The van der Waals surface area contributed by atoms with Crippen molar-refractivity contribution in [3.8, 4) is 0 Å². The number of rotatable bonds is 5. The highest BCUT2D eigenvalue weighted by Gasteiger charge is 2.41. The SMILES string of the molecule is CNC(C)(CO)CCN1CCC(C(F)(F)F)CC1. The second-order valence-corrected chi connectivity index (χ2v) is 5.38. The van der Waals surface area contributed by atoms with Gasteiger partial charge in [0.05, 0.1) is 12.5 Å². The molecule has 1 heterocycles. The summed E-state index contributed by atoms with van der Waals surface area (Å²) in [7, 11) is 1.78. The Morgan fingerprint density at radius 3 is 2.22 bits per heavy atom. The first-order chi connectivity index (χ1) is 8.30. The third-order valence-electron chi connectivity index (χ3n) is 3.98. The Morgan fingerprint density at radius 2 is 1.83 bits per heavy atom. The molecule has 0 radical (unpaired) electrons. The van der Waals surface area contributed by atoms with E-state index in [-0.39, 0.29) is 25.0 Å². The molecule has 0 saturated carbocycles. The highest BCUT2D eigenvalue weighted by Crippen LogP contribution is 2.34. The van der Waals surface area contributed by atoms with Gasteiger partial charge in [0.2, 0.25) is 0 Å². The Morgan fingerprint density at radius 1 is 1.28 bits per heavy atom. The van der Waals surface area contributed by atoms with Gasteiger partial charge < -0.3 is 15.3 Å². The Balaban J connectivity index is 2.32. The van der Waals surface area contributed by atoms with Gasteiger partial charge in [-0.15, -0.1) is 0 Å². The second-order valence-electron chi connectivity index (χ2n) is 5.38. The molecule has 6 heteroatoms. The normalized spacial score (nSPS) is 23.0. The molecule has 3 nitrogen and oxygen atoms in total. The van der Waals surface area contributed by atoms with Gasteiger partial charge in [0.1, 0.15) is 0 Å². The number of hydrogen-bond donors (Lipinski definition) is 2. The van der Waals surface area contributed by atoms with E-state index in [9.17, 15) is 18.3 Å². The third-order valence-corrected chi connectivity index (χ3v) is 3.98. The fraction of sp³-hybridized carbons (Fsp3) is 1.00. The smallest absolute Gasteiger partial charge is 0.391 e. The third kappa shape index (κ3) is 4.40. The van der Waals surface area contributed by atoms with Crippen molar-refractivity contribution in [2.24, 2.45) is 5.92 Å². The number of alkyl halides is 3. The summed E-state index contributed by atoms with van der Waals surface area (Å²) in [6, 6.07) is 0. The number of nitrogens with zero attached hydrogens (tertiary/aromatic N) is 1. The zero-order valence-electron chi connectivity index (χ0n) is 11.1. The molecule has 1 atom stereocenters. The van der Waals surface area contributed by atoms with Crippen LogP contribution in [0.5, 0.6) is 0 Å². The number of likely N-dealkylation sites (tertiary alicyclic amines) is 1. The zero-order chi connectivity index (χ0) is 13.8. The van der Waals surface area contributed by atoms with E-state index in [1.807, 2.05) is 11.8 Å². The summed E-state index contributed by atoms with van der Waals surface area (Å²) in [5, 5.41) is 12.3. The summed E-state index contributed by atoms with van der Waals surface area (Å²) in [5.74, 6) is -1.14. The quantitative estimate of drug-likeness (QED) is 0.795. The summed E-state index contributed by atoms with van der Waals surface area (Å²) in [5.41, 5.74) is -0.346. The van der Waals surface area contributed by atoms with Crippen molar-refractivity contribution in [3.63, 3.8) is 0 Å². The first-order valence-corrected chi connectivity index (χ1v) is 6.39. The minimum Gasteiger partial charge on any atom is -0.394 e. The lowest BCUT2D eigenvalue weighted by Crippen LogP contribution is -2.47. The molecule has 0 bridgehead atoms. The number of likely N-dealkylation sites (N-methyl/N-ethyl adjacent to an activating group) is 1. The van der Waals surface area contributed by atoms with Gasteiger partial charge in [0, 0.05) is 5.54 Å². The lowest BCUT2D eigenvalue weighted by atomic mass is 9.94. The molecule has 0 aromatic carbocycles. The van der Waals surface area contributed by atoms with Gasteiger partial charge in [-0.2, -0.15) is 13.2 Å². The van der Waals surface area contributed by atoms with E-state index >= 15 is 0 Å². The van der Waals surface area contributed by atoms with Crippen LogP contribution < -0.4 is 5.32 Å². The van der Waals surface area contributed by atoms with Crippen molar-refractivity contribution < 1.29 is 18.3 Å². The summed E-state index contributed by atoms with van der Waals surface area (Å²) >= 11 is 0. The molecule has 108 valence electrons. The minimum atomic E-state index is -4.04. The topological polar surface area (TPSA) is 35.5 Å². The maximum absolute atomic E-state index is 12.5. The number of nitrogens with one attached hydrogen (secondary N) is 1. The number of halogens is 3. The summed E-state index contributed by atoms with van der Waals surface area (Å²) in [6.45, 7) is 3.66. The molecule has 1 fully saturated rings. The zero-order valence-corrected chi connectivity index (χ0v) is 11.1. The lowest BCUT2D eigenvalue weighted by Gasteiger charge is -2.35. The van der Waals surface area contributed by atoms with Crippen molar-refractivity contribution >= 4 is 0 Å². The van der Waals surface area contributed by atoms with Crippen molar-refractivity contribution in [1.82, 2.24) is 10.2 Å². The molecule has 18 heavy (non-hydrogen) atoms. The van der Waals surface area contributed by atoms with Crippen LogP contribution in [0.4, 0.5) is 13.2 Å². The summed E-state index contributed by atoms with van der Waals surface area (Å²) < 4.78 is 37.5. The van der Waals surface area contributed by atoms with Gasteiger partial charge in [-0.3, -0.25) is 0 Å². The summed E-state index contributed by atoms with van der Waals surface area (Å²) in [6.07, 6.45) is -2.93. The van der Waals surface area contributed by atoms with Gasteiger partial charge in [0.25, 0.3) is 0 Å². The van der Waals surface area contributed by atoms with Crippen LogP contribution in [0.15, 0.2) is 0 Å². The molecule has 0 aromatic rings. The van der Waals surface area contributed by atoms with Gasteiger partial charge in [-0.1, -0.05) is 0 Å². The van der Waals surface area contributed by atoms with Crippen LogP contribution in [-0.4, -0.2) is 55.0 Å². The van der Waals surface area contributed by atoms with Crippen LogP contribution >= 0.6 is 0 Å². The number of aliphatic hydroxyl groups is 1. The Labute approximate surface area is 106 Å². The molecule has 1 rings (SSSR count). The molecular formula is C12H23F3N2O. The van der Waals surface area contributed by atoms with Crippen LogP contribution in [0.25, 0.3) is 0 Å². The van der Waals surface area contributed by atoms with E-state index in [2.05, 4.69) is 5.32 Å². The highest BCUT2D eigenvalue weighted by molar-refractivity contribution is 4.83. The molecule has 1 aliphatic rings. The molecular weight excluding hydrogens is 245 g/mol. The maximum Gasteiger partial charge on any atom is 0.391 e. The average Bonchev–Trinajstić information content (AvgIpc) is 2.35. The van der Waals surface area contributed by atoms with Crippen molar-refractivity contribution in [3.05, 3.63) is 0 Å². The standard InChI is InChI=1S/C12H23F3N2O/c1-11(9-18,16-2)5-8-17-6-3-10(4-7-17)12(13,14)15/h10,16,18H,3-9H2,1-2H3. The van der Waals surface area contributed by atoms with Gasteiger partial charge >= 0.3 is 6.18 Å². The molecule has 2 N–H and O–H groups in total. The van der Waals surface area contributed by atoms with E-state index in [4.69, 9.17) is 0 Å². The molecule has 0 amide bonds. The monoisotopic (exact) mass is 268 g/mol. The molecule has 0 aromatic heterocycles. The van der Waals surface area contributed by atoms with E-state index in [1.54, 1.807) is 7.05 Å². The fourth-order valence-electron chi connectivity index (χ4n) is 2.17. The van der Waals surface area contributed by atoms with E-state index in [0.29, 0.717) is 13.1 Å². The fourth-order valence-corrected chi connectivity index (χ4v) is 2.17. The van der Waals surface area contributed by atoms with E-state index in [0.717, 1.165) is 13.0 Å². The van der Waals surface area contributed by atoms with Crippen LogP contribution in [0.3, 0.4) is 0 Å². The predicted octanol–water partition coefficient (Wildman–Crippen LogP) is 1.62. The molecule has 1 unspecified atom stereocenters. The molecule has 1 saturated heterocycles. The number of hydrogen-bond acceptors (Lipinski definition) is 3. The second kappa shape index (κ2) is 6.21. The van der Waals surface area contributed by atoms with Crippen LogP contribution in [0.2, 0.25) is 0 Å². The molecule has 0 aliphatic carbocycles. The highest BCUT2D eigenvalue weighted by atomic mass is 19.4. The Kier molecular flexibility index (Phi) is 5.43. The first kappa shape index (κ1) is 15.7. The summed E-state index contributed by atoms with van der Waals surface area (Å²) in [4.78, 5) is 2.05. The van der Waals surface area contributed by atoms with Crippen LogP contribution in [0, 0.1) is 5.92 Å².